The lowest BCUT2D eigenvalue weighted by atomic mass is 9.94. The Balaban J connectivity index is 2.06. The monoisotopic (exact) mass is 200 g/mol. The summed E-state index contributed by atoms with van der Waals surface area (Å²) in [7, 11) is 0. The van der Waals surface area contributed by atoms with Gasteiger partial charge in [0.2, 0.25) is 0 Å². The third-order valence-corrected chi connectivity index (χ3v) is 3.30. The largest absolute Gasteiger partial charge is 0.287 e. The van der Waals surface area contributed by atoms with E-state index in [1.165, 1.54) is 12.1 Å². The summed E-state index contributed by atoms with van der Waals surface area (Å²) < 4.78 is 13.1. The van der Waals surface area contributed by atoms with Crippen LogP contribution in [0.15, 0.2) is 29.3 Å². The number of hydrogen-bond acceptors (Lipinski definition) is 2. The van der Waals surface area contributed by atoms with E-state index in [-0.39, 0.29) is 5.82 Å². The van der Waals surface area contributed by atoms with Gasteiger partial charge in [0, 0.05) is 18.0 Å². The van der Waals surface area contributed by atoms with E-state index < -0.39 is 5.41 Å². The second kappa shape index (κ2) is 2.66. The molecule has 0 unspecified atom stereocenters. The maximum Gasteiger partial charge on any atom is 0.123 e. The quantitative estimate of drug-likeness (QED) is 0.684. The van der Waals surface area contributed by atoms with Gasteiger partial charge in [-0.05, 0) is 18.6 Å². The van der Waals surface area contributed by atoms with Crippen LogP contribution in [0.3, 0.4) is 0 Å². The zero-order valence-corrected chi connectivity index (χ0v) is 8.07. The minimum absolute atomic E-state index is 0.271. The van der Waals surface area contributed by atoms with Gasteiger partial charge in [0.1, 0.15) is 11.2 Å². The van der Waals surface area contributed by atoms with Crippen LogP contribution in [0.1, 0.15) is 12.0 Å². The van der Waals surface area contributed by atoms with Gasteiger partial charge in [0.25, 0.3) is 0 Å². The van der Waals surface area contributed by atoms with Gasteiger partial charge in [-0.1, -0.05) is 12.1 Å². The van der Waals surface area contributed by atoms with E-state index in [1.807, 2.05) is 6.07 Å². The first kappa shape index (κ1) is 8.60. The maximum atomic E-state index is 13.1. The van der Waals surface area contributed by atoms with Crippen molar-refractivity contribution in [2.45, 2.75) is 6.42 Å². The summed E-state index contributed by atoms with van der Waals surface area (Å²) in [5, 5.41) is 9.14. The molecule has 0 aromatic heterocycles. The van der Waals surface area contributed by atoms with E-state index in [2.05, 4.69) is 11.1 Å². The summed E-state index contributed by atoms with van der Waals surface area (Å²) in [5.74, 6) is 0.105. The zero-order chi connectivity index (χ0) is 10.5. The molecule has 1 aromatic rings. The Kier molecular flexibility index (Phi) is 1.53. The highest BCUT2D eigenvalue weighted by atomic mass is 19.1. The van der Waals surface area contributed by atoms with E-state index >= 15 is 0 Å². The smallest absolute Gasteiger partial charge is 0.123 e. The number of hydrogen-bond donors (Lipinski definition) is 0. The number of nitriles is 1. The van der Waals surface area contributed by atoms with Gasteiger partial charge >= 0.3 is 0 Å². The van der Waals surface area contributed by atoms with Crippen molar-refractivity contribution in [2.75, 3.05) is 6.54 Å². The normalized spacial score (nSPS) is 31.7. The topological polar surface area (TPSA) is 36.1 Å². The van der Waals surface area contributed by atoms with Crippen molar-refractivity contribution in [2.24, 2.45) is 16.3 Å². The highest BCUT2D eigenvalue weighted by Crippen LogP contribution is 2.58. The summed E-state index contributed by atoms with van der Waals surface area (Å²) >= 11 is 0. The van der Waals surface area contributed by atoms with Gasteiger partial charge in [0.05, 0.1) is 11.8 Å². The molecule has 1 saturated carbocycles. The van der Waals surface area contributed by atoms with Crippen LogP contribution in [0.25, 0.3) is 0 Å². The molecule has 0 spiro atoms. The Labute approximate surface area is 87.1 Å². The molecule has 0 radical (unpaired) electrons. The molecule has 2 nitrogen and oxygen atoms in total. The second-order valence-corrected chi connectivity index (χ2v) is 4.18. The molecule has 0 N–H and O–H groups in total. The van der Waals surface area contributed by atoms with Crippen LogP contribution in [0.2, 0.25) is 0 Å². The van der Waals surface area contributed by atoms with Crippen molar-refractivity contribution < 1.29 is 4.39 Å². The van der Waals surface area contributed by atoms with Crippen LogP contribution in [0.5, 0.6) is 0 Å². The van der Waals surface area contributed by atoms with Crippen LogP contribution in [-0.2, 0) is 0 Å². The van der Waals surface area contributed by atoms with Crippen molar-refractivity contribution in [3.8, 4) is 6.07 Å². The van der Waals surface area contributed by atoms with E-state index in [4.69, 9.17) is 5.26 Å². The van der Waals surface area contributed by atoms with Crippen molar-refractivity contribution >= 4 is 5.71 Å². The van der Waals surface area contributed by atoms with Crippen molar-refractivity contribution in [3.05, 3.63) is 35.6 Å². The average Bonchev–Trinajstić information content (AvgIpc) is 2.85. The van der Waals surface area contributed by atoms with Crippen molar-refractivity contribution in [1.29, 1.82) is 5.26 Å². The number of benzene rings is 1. The van der Waals surface area contributed by atoms with E-state index in [0.717, 1.165) is 24.2 Å². The molecular weight excluding hydrogens is 191 g/mol. The molecule has 1 aliphatic carbocycles. The first-order chi connectivity index (χ1) is 7.26. The summed E-state index contributed by atoms with van der Waals surface area (Å²) in [6.07, 6.45) is 0.888. The maximum absolute atomic E-state index is 13.1. The predicted molar refractivity (Wildman–Crippen MR) is 54.0 cm³/mol. The van der Waals surface area contributed by atoms with Crippen LogP contribution in [0.4, 0.5) is 4.39 Å². The Bertz CT molecular complexity index is 501. The first-order valence-electron chi connectivity index (χ1n) is 4.98. The van der Waals surface area contributed by atoms with Crippen molar-refractivity contribution in [1.82, 2.24) is 0 Å². The fraction of sp³-hybridized carbons (Fsp3) is 0.333. The fourth-order valence-corrected chi connectivity index (χ4v) is 2.36. The number of aliphatic imine (C=N–C) groups is 1. The Hall–Kier alpha value is -1.69. The lowest BCUT2D eigenvalue weighted by Gasteiger charge is -2.07. The number of fused-ring (bicyclic) bond motifs is 1. The zero-order valence-electron chi connectivity index (χ0n) is 8.07. The summed E-state index contributed by atoms with van der Waals surface area (Å²) in [4.78, 5) is 4.35. The van der Waals surface area contributed by atoms with Gasteiger partial charge in [-0.3, -0.25) is 4.99 Å². The predicted octanol–water partition coefficient (Wildman–Crippen LogP) is 2.16. The second-order valence-electron chi connectivity index (χ2n) is 4.18. The van der Waals surface area contributed by atoms with Gasteiger partial charge in [-0.25, -0.2) is 4.39 Å². The molecule has 1 aromatic carbocycles. The molecule has 2 atom stereocenters. The molecular formula is C12H9FN2. The molecule has 0 bridgehead atoms. The van der Waals surface area contributed by atoms with Gasteiger partial charge in [-0.2, -0.15) is 5.26 Å². The molecule has 3 heteroatoms. The average molecular weight is 200 g/mol. The molecule has 3 rings (SSSR count). The van der Waals surface area contributed by atoms with Crippen LogP contribution in [-0.4, -0.2) is 12.3 Å². The molecule has 0 amide bonds. The Morgan fingerprint density at radius 2 is 2.40 bits per heavy atom. The van der Waals surface area contributed by atoms with E-state index in [0.29, 0.717) is 5.92 Å². The molecule has 15 heavy (non-hydrogen) atoms. The highest BCUT2D eigenvalue weighted by molar-refractivity contribution is 6.10. The van der Waals surface area contributed by atoms with Gasteiger partial charge in [-0.15, -0.1) is 0 Å². The van der Waals surface area contributed by atoms with Crippen molar-refractivity contribution in [3.63, 3.8) is 0 Å². The molecule has 2 aliphatic rings. The van der Waals surface area contributed by atoms with Gasteiger partial charge in [0.15, 0.2) is 0 Å². The minimum Gasteiger partial charge on any atom is -0.287 e. The SMILES string of the molecule is N#C[C@]12C[C@H]1CN=C2c1cccc(F)c1. The molecule has 74 valence electrons. The lowest BCUT2D eigenvalue weighted by molar-refractivity contribution is 0.627. The Morgan fingerprint density at radius 1 is 1.53 bits per heavy atom. The molecule has 0 saturated heterocycles. The van der Waals surface area contributed by atoms with E-state index in [1.54, 1.807) is 6.07 Å². The third-order valence-electron chi connectivity index (χ3n) is 3.30. The van der Waals surface area contributed by atoms with Gasteiger partial charge < -0.3 is 0 Å². The standard InChI is InChI=1S/C12H9FN2/c13-10-3-1-2-8(4-10)11-12(7-14)5-9(12)6-15-11/h1-4,9H,5-6H2/t9-,12+/m0/s1. The number of halogens is 1. The summed E-state index contributed by atoms with van der Waals surface area (Å²) in [5.41, 5.74) is 1.15. The molecule has 1 fully saturated rings. The lowest BCUT2D eigenvalue weighted by Crippen LogP contribution is -2.14. The summed E-state index contributed by atoms with van der Waals surface area (Å²) in [6.45, 7) is 0.722. The minimum atomic E-state index is -0.395. The highest BCUT2D eigenvalue weighted by Gasteiger charge is 2.61. The van der Waals surface area contributed by atoms with Crippen LogP contribution >= 0.6 is 0 Å². The van der Waals surface area contributed by atoms with E-state index in [9.17, 15) is 4.39 Å². The third kappa shape index (κ3) is 1.05. The fourth-order valence-electron chi connectivity index (χ4n) is 2.36. The number of nitrogens with zero attached hydrogens (tertiary/aromatic N) is 2. The van der Waals surface area contributed by atoms with Crippen LogP contribution < -0.4 is 0 Å². The van der Waals surface area contributed by atoms with Crippen LogP contribution in [0, 0.1) is 28.5 Å². The first-order valence-corrected chi connectivity index (χ1v) is 4.98. The Morgan fingerprint density at radius 3 is 3.07 bits per heavy atom. The summed E-state index contributed by atoms with van der Waals surface area (Å²) in [6, 6.07) is 8.67. The molecule has 1 aliphatic heterocycles. The number of rotatable bonds is 1. The molecule has 1 heterocycles.